The van der Waals surface area contributed by atoms with E-state index < -0.39 is 0 Å². The summed E-state index contributed by atoms with van der Waals surface area (Å²) in [6.07, 6.45) is 13.6. The van der Waals surface area contributed by atoms with E-state index >= 15 is 0 Å². The first-order valence-corrected chi connectivity index (χ1v) is 11.9. The Bertz CT molecular complexity index is 816. The Morgan fingerprint density at radius 1 is 1.00 bits per heavy atom. The minimum atomic E-state index is -0.0132. The summed E-state index contributed by atoms with van der Waals surface area (Å²) in [5, 5.41) is 0. The summed E-state index contributed by atoms with van der Waals surface area (Å²) < 4.78 is 5.44. The third kappa shape index (κ3) is 4.85. The lowest BCUT2D eigenvalue weighted by molar-refractivity contribution is 0.00890. The van der Waals surface area contributed by atoms with Crippen LogP contribution in [0, 0.1) is 11.3 Å². The van der Waals surface area contributed by atoms with Crippen LogP contribution in [0.25, 0.3) is 0 Å². The van der Waals surface area contributed by atoms with Gasteiger partial charge in [0.2, 0.25) is 0 Å². The van der Waals surface area contributed by atoms with Crippen LogP contribution in [0.4, 0.5) is 5.69 Å². The number of piperidine rings is 1. The number of furan rings is 1. The lowest BCUT2D eigenvalue weighted by atomic mass is 9.59. The van der Waals surface area contributed by atoms with Crippen LogP contribution in [0.5, 0.6) is 0 Å². The maximum atomic E-state index is 13.2. The monoisotopic (exact) mass is 442 g/mol. The van der Waals surface area contributed by atoms with Gasteiger partial charge >= 0.3 is 0 Å². The summed E-state index contributed by atoms with van der Waals surface area (Å²) in [6.45, 7) is 3.79. The van der Waals surface area contributed by atoms with Gasteiger partial charge in [-0.05, 0) is 87.2 Å². The van der Waals surface area contributed by atoms with Crippen molar-refractivity contribution in [2.75, 3.05) is 24.5 Å². The van der Waals surface area contributed by atoms with E-state index in [2.05, 4.69) is 4.90 Å². The number of amides is 1. The molecule has 3 aliphatic rings. The zero-order valence-electron chi connectivity index (χ0n) is 18.4. The molecular weight excluding hydrogens is 408 g/mol. The van der Waals surface area contributed by atoms with Crippen LogP contribution in [0.15, 0.2) is 53.1 Å². The fourth-order valence-corrected chi connectivity index (χ4v) is 6.08. The molecule has 0 radical (unpaired) electrons. The molecule has 2 aromatic rings. The number of nitrogens with zero attached hydrogens (tertiary/aromatic N) is 2. The van der Waals surface area contributed by atoms with Crippen LogP contribution in [0.1, 0.15) is 68.3 Å². The lowest BCUT2D eigenvalue weighted by Crippen LogP contribution is -2.57. The molecule has 5 rings (SSSR count). The van der Waals surface area contributed by atoms with Gasteiger partial charge in [0.25, 0.3) is 5.91 Å². The molecule has 0 atom stereocenters. The van der Waals surface area contributed by atoms with Gasteiger partial charge in [-0.3, -0.25) is 4.79 Å². The number of para-hydroxylation sites is 1. The number of rotatable bonds is 5. The van der Waals surface area contributed by atoms with E-state index in [1.54, 1.807) is 18.4 Å². The van der Waals surface area contributed by atoms with Crippen molar-refractivity contribution < 1.29 is 9.21 Å². The van der Waals surface area contributed by atoms with Gasteiger partial charge in [0.1, 0.15) is 0 Å². The van der Waals surface area contributed by atoms with E-state index in [9.17, 15) is 4.79 Å². The van der Waals surface area contributed by atoms with E-state index in [0.29, 0.717) is 11.2 Å². The molecule has 5 heteroatoms. The summed E-state index contributed by atoms with van der Waals surface area (Å²) >= 11 is 0. The smallest absolute Gasteiger partial charge is 0.294 e. The summed E-state index contributed by atoms with van der Waals surface area (Å²) in [5.41, 5.74) is 1.41. The molecule has 1 amide bonds. The van der Waals surface area contributed by atoms with Crippen molar-refractivity contribution in [2.45, 2.75) is 63.8 Å². The fraction of sp³-hybridized carbons (Fsp3) is 0.577. The van der Waals surface area contributed by atoms with Gasteiger partial charge in [-0.2, -0.15) is 0 Å². The Morgan fingerprint density at radius 2 is 1.71 bits per heavy atom. The number of hydrogen-bond donors (Lipinski definition) is 0. The van der Waals surface area contributed by atoms with Crippen molar-refractivity contribution >= 4 is 24.0 Å². The second kappa shape index (κ2) is 9.79. The number of likely N-dealkylation sites (tertiary alicyclic amines) is 1. The van der Waals surface area contributed by atoms with Gasteiger partial charge < -0.3 is 14.2 Å². The highest BCUT2D eigenvalue weighted by molar-refractivity contribution is 6.04. The Morgan fingerprint density at radius 3 is 2.35 bits per heavy atom. The minimum Gasteiger partial charge on any atom is -0.459 e. The largest absolute Gasteiger partial charge is 0.459 e. The van der Waals surface area contributed by atoms with Crippen molar-refractivity contribution in [3.05, 3.63) is 54.5 Å². The summed E-state index contributed by atoms with van der Waals surface area (Å²) in [5.74, 6) is 1.35. The van der Waals surface area contributed by atoms with Crippen LogP contribution in [-0.4, -0.2) is 36.5 Å². The number of carbonyl (C=O) groups is 1. The third-order valence-electron chi connectivity index (χ3n) is 7.85. The predicted octanol–water partition coefficient (Wildman–Crippen LogP) is 6.17. The molecule has 2 saturated carbocycles. The molecule has 3 fully saturated rings. The standard InChI is InChI=1S/C26H34N2O2.ClH/c29-25(24-12-7-17-30-24)28(22-10-5-2-6-11-22)23-18-26(19-23)13-15-27(16-14-26)20-21-8-3-1-4-9-21;/h2,5-7,10-12,17,21,23H,1,3-4,8-9,13-16,18-20H2;1H. The SMILES string of the molecule is Cl.O=C(c1ccco1)N(c1ccccc1)C1CC2(CCN(CC3CCCCC3)CC2)C1. The van der Waals surface area contributed by atoms with Gasteiger partial charge in [0, 0.05) is 18.3 Å². The number of hydrogen-bond acceptors (Lipinski definition) is 3. The Labute approximate surface area is 192 Å². The zero-order valence-corrected chi connectivity index (χ0v) is 19.2. The molecule has 1 saturated heterocycles. The molecule has 0 unspecified atom stereocenters. The molecule has 2 aliphatic carbocycles. The van der Waals surface area contributed by atoms with Gasteiger partial charge in [-0.15, -0.1) is 12.4 Å². The predicted molar refractivity (Wildman–Crippen MR) is 127 cm³/mol. The van der Waals surface area contributed by atoms with Crippen molar-refractivity contribution in [3.8, 4) is 0 Å². The van der Waals surface area contributed by atoms with Crippen LogP contribution in [0.3, 0.4) is 0 Å². The maximum Gasteiger partial charge on any atom is 0.294 e. The average Bonchev–Trinajstić information content (AvgIpc) is 3.30. The summed E-state index contributed by atoms with van der Waals surface area (Å²) in [4.78, 5) is 17.9. The van der Waals surface area contributed by atoms with Gasteiger partial charge in [0.05, 0.1) is 6.26 Å². The number of anilines is 1. The molecule has 1 aromatic heterocycles. The third-order valence-corrected chi connectivity index (χ3v) is 7.85. The van der Waals surface area contributed by atoms with Gasteiger partial charge in [-0.1, -0.05) is 37.5 Å². The quantitative estimate of drug-likeness (QED) is 0.555. The lowest BCUT2D eigenvalue weighted by Gasteiger charge is -2.55. The summed E-state index contributed by atoms with van der Waals surface area (Å²) in [6, 6.07) is 13.9. The van der Waals surface area contributed by atoms with Crippen molar-refractivity contribution in [1.82, 2.24) is 4.90 Å². The highest BCUT2D eigenvalue weighted by Gasteiger charge is 2.49. The van der Waals surface area contributed by atoms with Crippen molar-refractivity contribution in [1.29, 1.82) is 0 Å². The first-order valence-electron chi connectivity index (χ1n) is 11.9. The van der Waals surface area contributed by atoms with Crippen LogP contribution < -0.4 is 4.90 Å². The molecule has 1 spiro atoms. The molecular formula is C26H35ClN2O2. The first kappa shape index (κ1) is 22.4. The maximum absolute atomic E-state index is 13.2. The zero-order chi connectivity index (χ0) is 20.4. The van der Waals surface area contributed by atoms with E-state index in [0.717, 1.165) is 24.4 Å². The molecule has 31 heavy (non-hydrogen) atoms. The van der Waals surface area contributed by atoms with Crippen LogP contribution in [0.2, 0.25) is 0 Å². The number of carbonyl (C=O) groups excluding carboxylic acids is 1. The molecule has 0 bridgehead atoms. The van der Waals surface area contributed by atoms with Crippen LogP contribution >= 0.6 is 12.4 Å². The van der Waals surface area contributed by atoms with Gasteiger partial charge in [-0.25, -0.2) is 0 Å². The topological polar surface area (TPSA) is 36.7 Å². The van der Waals surface area contributed by atoms with Crippen molar-refractivity contribution in [2.24, 2.45) is 11.3 Å². The van der Waals surface area contributed by atoms with E-state index in [1.165, 1.54) is 64.6 Å². The molecule has 0 N–H and O–H groups in total. The highest BCUT2D eigenvalue weighted by atomic mass is 35.5. The highest BCUT2D eigenvalue weighted by Crippen LogP contribution is 2.52. The molecule has 168 valence electrons. The fourth-order valence-electron chi connectivity index (χ4n) is 6.08. The number of halogens is 1. The Balaban J connectivity index is 0.00000231. The molecule has 1 aromatic carbocycles. The number of benzene rings is 1. The van der Waals surface area contributed by atoms with Crippen molar-refractivity contribution in [3.63, 3.8) is 0 Å². The second-order valence-corrected chi connectivity index (χ2v) is 9.85. The first-order chi connectivity index (χ1) is 14.7. The molecule has 2 heterocycles. The van der Waals surface area contributed by atoms with E-state index in [-0.39, 0.29) is 24.4 Å². The molecule has 1 aliphatic heterocycles. The Hall–Kier alpha value is -1.78. The normalized spacial score (nSPS) is 21.9. The average molecular weight is 443 g/mol. The minimum absolute atomic E-state index is 0. The van der Waals surface area contributed by atoms with Gasteiger partial charge in [0.15, 0.2) is 5.76 Å². The van der Waals surface area contributed by atoms with E-state index in [4.69, 9.17) is 4.42 Å². The van der Waals surface area contributed by atoms with E-state index in [1.807, 2.05) is 35.2 Å². The Kier molecular flexibility index (Phi) is 7.08. The van der Waals surface area contributed by atoms with Crippen LogP contribution in [-0.2, 0) is 0 Å². The summed E-state index contributed by atoms with van der Waals surface area (Å²) in [7, 11) is 0. The molecule has 4 nitrogen and oxygen atoms in total. The second-order valence-electron chi connectivity index (χ2n) is 9.85.